The van der Waals surface area contributed by atoms with Crippen molar-refractivity contribution in [2.24, 2.45) is 0 Å². The van der Waals surface area contributed by atoms with Gasteiger partial charge in [-0.2, -0.15) is 5.10 Å². The van der Waals surface area contributed by atoms with Crippen LogP contribution in [0.5, 0.6) is 0 Å². The maximum atomic E-state index is 5.94. The molecule has 2 heterocycles. The number of aromatic amines is 1. The molecule has 1 aromatic carbocycles. The van der Waals surface area contributed by atoms with E-state index in [2.05, 4.69) is 20.5 Å². The number of hydrogen-bond donors (Lipinski definition) is 2. The van der Waals surface area contributed by atoms with Gasteiger partial charge in [-0.1, -0.05) is 23.7 Å². The van der Waals surface area contributed by atoms with Gasteiger partial charge in [0.25, 0.3) is 0 Å². The van der Waals surface area contributed by atoms with E-state index in [1.54, 1.807) is 0 Å². The quantitative estimate of drug-likeness (QED) is 0.748. The van der Waals surface area contributed by atoms with Crippen LogP contribution < -0.4 is 10.2 Å². The molecule has 118 valence electrons. The second kappa shape index (κ2) is 6.71. The van der Waals surface area contributed by atoms with E-state index >= 15 is 0 Å². The molecule has 0 fully saturated rings. The molecule has 0 atom stereocenters. The highest BCUT2D eigenvalue weighted by molar-refractivity contribution is 6.30. The summed E-state index contributed by atoms with van der Waals surface area (Å²) in [5.74, 6) is 0.931. The normalized spacial score (nSPS) is 10.6. The van der Waals surface area contributed by atoms with Gasteiger partial charge in [0.2, 0.25) is 0 Å². The third kappa shape index (κ3) is 3.63. The van der Waals surface area contributed by atoms with E-state index in [0.29, 0.717) is 6.54 Å². The maximum Gasteiger partial charge on any atom is 0.128 e. The van der Waals surface area contributed by atoms with Crippen molar-refractivity contribution >= 4 is 23.1 Å². The first kappa shape index (κ1) is 15.4. The van der Waals surface area contributed by atoms with E-state index in [1.807, 2.05) is 67.8 Å². The Labute approximate surface area is 140 Å². The average Bonchev–Trinajstić information content (AvgIpc) is 3.02. The molecule has 0 aliphatic carbocycles. The molecule has 0 saturated heterocycles. The number of rotatable bonds is 5. The third-order valence-corrected chi connectivity index (χ3v) is 3.78. The molecule has 0 bridgehead atoms. The molecule has 5 nitrogen and oxygen atoms in total. The van der Waals surface area contributed by atoms with Crippen molar-refractivity contribution in [1.29, 1.82) is 0 Å². The minimum Gasteiger partial charge on any atom is -0.380 e. The maximum absolute atomic E-state index is 5.94. The molecular formula is C17H18ClN5. The van der Waals surface area contributed by atoms with E-state index < -0.39 is 0 Å². The predicted molar refractivity (Wildman–Crippen MR) is 94.9 cm³/mol. The number of aromatic nitrogens is 3. The Balaban J connectivity index is 1.72. The van der Waals surface area contributed by atoms with Crippen molar-refractivity contribution in [1.82, 2.24) is 15.2 Å². The van der Waals surface area contributed by atoms with Gasteiger partial charge in [-0.05, 0) is 24.3 Å². The van der Waals surface area contributed by atoms with Crippen LogP contribution in [0.2, 0.25) is 5.02 Å². The number of nitrogens with one attached hydrogen (secondary N) is 2. The van der Waals surface area contributed by atoms with E-state index in [1.165, 1.54) is 0 Å². The third-order valence-electron chi connectivity index (χ3n) is 3.53. The minimum atomic E-state index is 0.664. The lowest BCUT2D eigenvalue weighted by Crippen LogP contribution is -2.10. The highest BCUT2D eigenvalue weighted by atomic mass is 35.5. The standard InChI is InChI=1S/C17H18ClN5/c1-23(2)16-8-7-15(11-20-16)19-9-13-10-21-22-17(13)12-3-5-14(18)6-4-12/h3-8,10-11,19H,9H2,1-2H3,(H,21,22). The van der Waals surface area contributed by atoms with Crippen molar-refractivity contribution in [3.63, 3.8) is 0 Å². The van der Waals surface area contributed by atoms with Gasteiger partial charge in [-0.3, -0.25) is 5.10 Å². The van der Waals surface area contributed by atoms with Gasteiger partial charge >= 0.3 is 0 Å². The molecular weight excluding hydrogens is 310 g/mol. The second-order valence-corrected chi connectivity index (χ2v) is 5.86. The Morgan fingerprint density at radius 2 is 1.91 bits per heavy atom. The summed E-state index contributed by atoms with van der Waals surface area (Å²) in [6, 6.07) is 11.7. The van der Waals surface area contributed by atoms with Crippen LogP contribution in [0.25, 0.3) is 11.3 Å². The van der Waals surface area contributed by atoms with Crippen LogP contribution >= 0.6 is 11.6 Å². The number of hydrogen-bond acceptors (Lipinski definition) is 4. The number of halogens is 1. The van der Waals surface area contributed by atoms with Crippen LogP contribution in [-0.2, 0) is 6.54 Å². The molecule has 0 amide bonds. The Morgan fingerprint density at radius 1 is 1.13 bits per heavy atom. The smallest absolute Gasteiger partial charge is 0.128 e. The summed E-state index contributed by atoms with van der Waals surface area (Å²) in [6.45, 7) is 0.664. The minimum absolute atomic E-state index is 0.664. The molecule has 0 radical (unpaired) electrons. The first-order valence-corrected chi connectivity index (χ1v) is 7.67. The lowest BCUT2D eigenvalue weighted by atomic mass is 10.1. The molecule has 3 aromatic rings. The van der Waals surface area contributed by atoms with E-state index in [9.17, 15) is 0 Å². The largest absolute Gasteiger partial charge is 0.380 e. The van der Waals surface area contributed by atoms with Crippen LogP contribution in [0.4, 0.5) is 11.5 Å². The molecule has 23 heavy (non-hydrogen) atoms. The van der Waals surface area contributed by atoms with Crippen molar-refractivity contribution in [3.05, 3.63) is 59.4 Å². The van der Waals surface area contributed by atoms with Crippen molar-refractivity contribution in [3.8, 4) is 11.3 Å². The van der Waals surface area contributed by atoms with Gasteiger partial charge in [-0.15, -0.1) is 0 Å². The van der Waals surface area contributed by atoms with Crippen LogP contribution in [0.15, 0.2) is 48.8 Å². The zero-order valence-electron chi connectivity index (χ0n) is 13.0. The van der Waals surface area contributed by atoms with Gasteiger partial charge in [-0.25, -0.2) is 4.98 Å². The fourth-order valence-electron chi connectivity index (χ4n) is 2.26. The summed E-state index contributed by atoms with van der Waals surface area (Å²) in [6.07, 6.45) is 3.73. The van der Waals surface area contributed by atoms with Gasteiger partial charge in [0.15, 0.2) is 0 Å². The summed E-state index contributed by atoms with van der Waals surface area (Å²) in [5, 5.41) is 11.3. The lowest BCUT2D eigenvalue weighted by molar-refractivity contribution is 1.06. The molecule has 0 aliphatic rings. The molecule has 0 spiro atoms. The average molecular weight is 328 g/mol. The summed E-state index contributed by atoms with van der Waals surface area (Å²) in [7, 11) is 3.94. The summed E-state index contributed by atoms with van der Waals surface area (Å²) < 4.78 is 0. The van der Waals surface area contributed by atoms with Crippen molar-refractivity contribution in [2.45, 2.75) is 6.54 Å². The highest BCUT2D eigenvalue weighted by Gasteiger charge is 2.08. The molecule has 3 rings (SSSR count). The van der Waals surface area contributed by atoms with E-state index in [-0.39, 0.29) is 0 Å². The first-order chi connectivity index (χ1) is 11.1. The van der Waals surface area contributed by atoms with Crippen LogP contribution in [-0.4, -0.2) is 29.3 Å². The number of benzene rings is 1. The van der Waals surface area contributed by atoms with E-state index in [4.69, 9.17) is 11.6 Å². The van der Waals surface area contributed by atoms with Crippen molar-refractivity contribution < 1.29 is 0 Å². The fraction of sp³-hybridized carbons (Fsp3) is 0.176. The van der Waals surface area contributed by atoms with Crippen LogP contribution in [0.1, 0.15) is 5.56 Å². The highest BCUT2D eigenvalue weighted by Crippen LogP contribution is 2.23. The van der Waals surface area contributed by atoms with Gasteiger partial charge < -0.3 is 10.2 Å². The fourth-order valence-corrected chi connectivity index (χ4v) is 2.39. The lowest BCUT2D eigenvalue weighted by Gasteiger charge is -2.12. The second-order valence-electron chi connectivity index (χ2n) is 5.42. The summed E-state index contributed by atoms with van der Waals surface area (Å²) in [4.78, 5) is 6.36. The van der Waals surface area contributed by atoms with Gasteiger partial charge in [0.05, 0.1) is 17.6 Å². The molecule has 6 heteroatoms. The Bertz CT molecular complexity index is 762. The molecule has 0 saturated carbocycles. The Hall–Kier alpha value is -2.53. The summed E-state index contributed by atoms with van der Waals surface area (Å²) >= 11 is 5.94. The van der Waals surface area contributed by atoms with Gasteiger partial charge in [0.1, 0.15) is 5.82 Å². The molecule has 0 aliphatic heterocycles. The molecule has 2 aromatic heterocycles. The zero-order chi connectivity index (χ0) is 16.2. The number of pyridine rings is 1. The van der Waals surface area contributed by atoms with E-state index in [0.717, 1.165) is 33.3 Å². The Morgan fingerprint density at radius 3 is 2.57 bits per heavy atom. The number of H-pyrrole nitrogens is 1. The van der Waals surface area contributed by atoms with Crippen LogP contribution in [0.3, 0.4) is 0 Å². The predicted octanol–water partition coefficient (Wildman–Crippen LogP) is 3.80. The number of anilines is 2. The Kier molecular flexibility index (Phi) is 4.48. The van der Waals surface area contributed by atoms with Crippen molar-refractivity contribution in [2.75, 3.05) is 24.3 Å². The SMILES string of the molecule is CN(C)c1ccc(NCc2c[nH]nc2-c2ccc(Cl)cc2)cn1. The topological polar surface area (TPSA) is 56.8 Å². The monoisotopic (exact) mass is 327 g/mol. The zero-order valence-corrected chi connectivity index (χ0v) is 13.8. The summed E-state index contributed by atoms with van der Waals surface area (Å²) in [5.41, 5.74) is 4.02. The molecule has 0 unspecified atom stereocenters. The first-order valence-electron chi connectivity index (χ1n) is 7.29. The van der Waals surface area contributed by atoms with Gasteiger partial charge in [0, 0.05) is 43.0 Å². The van der Waals surface area contributed by atoms with Crippen LogP contribution in [0, 0.1) is 0 Å². The molecule has 2 N–H and O–H groups in total. The number of nitrogens with zero attached hydrogens (tertiary/aromatic N) is 3.